The van der Waals surface area contributed by atoms with E-state index < -0.39 is 0 Å². The van der Waals surface area contributed by atoms with Crippen LogP contribution in [0.5, 0.6) is 0 Å². The zero-order valence-corrected chi connectivity index (χ0v) is 39.6. The van der Waals surface area contributed by atoms with Gasteiger partial charge in [-0.15, -0.1) is 0 Å². The Morgan fingerprint density at radius 2 is 0.903 bits per heavy atom. The van der Waals surface area contributed by atoms with Gasteiger partial charge in [-0.3, -0.25) is 0 Å². The summed E-state index contributed by atoms with van der Waals surface area (Å²) in [5.74, 6) is 0.683. The molecule has 0 fully saturated rings. The number of rotatable bonds is 6. The number of benzene rings is 10. The van der Waals surface area contributed by atoms with E-state index in [4.69, 9.17) is 14.4 Å². The number of aromatic nitrogens is 4. The SMILES string of the molecule is CC1(C)c2ccccc2-c2cc3c4cc(-c5ccc6oc7cc8c(cc7c6c5)c5ccccc5n8-c5ccccc5)ccc4n(-c4cccc(-c5nc(-c6ccccc6)cc(-c6ccccc6)n5)c4)c3cc21. The predicted molar refractivity (Wildman–Crippen MR) is 297 cm³/mol. The molecule has 4 heterocycles. The summed E-state index contributed by atoms with van der Waals surface area (Å²) in [5, 5.41) is 7.05. The molecule has 14 aromatic rings. The molecule has 15 rings (SSSR count). The second-order valence-electron chi connectivity index (χ2n) is 19.8. The van der Waals surface area contributed by atoms with Gasteiger partial charge in [-0.1, -0.05) is 159 Å². The molecule has 1 aliphatic carbocycles. The molecule has 0 radical (unpaired) electrons. The smallest absolute Gasteiger partial charge is 0.160 e. The van der Waals surface area contributed by atoms with Crippen molar-refractivity contribution in [1.82, 2.24) is 19.1 Å². The van der Waals surface area contributed by atoms with E-state index in [1.807, 2.05) is 12.1 Å². The maximum absolute atomic E-state index is 6.68. The molecular weight excluding hydrogens is 877 g/mol. The van der Waals surface area contributed by atoms with Crippen LogP contribution in [0.25, 0.3) is 133 Å². The van der Waals surface area contributed by atoms with E-state index in [0.29, 0.717) is 5.82 Å². The second-order valence-corrected chi connectivity index (χ2v) is 19.8. The summed E-state index contributed by atoms with van der Waals surface area (Å²) in [6.45, 7) is 4.72. The normalized spacial score (nSPS) is 13.0. The lowest BCUT2D eigenvalue weighted by molar-refractivity contribution is 0.661. The first kappa shape index (κ1) is 40.6. The average molecular weight is 921 g/mol. The van der Waals surface area contributed by atoms with Crippen molar-refractivity contribution in [2.45, 2.75) is 19.3 Å². The lowest BCUT2D eigenvalue weighted by atomic mass is 9.82. The Morgan fingerprint density at radius 3 is 1.68 bits per heavy atom. The summed E-state index contributed by atoms with van der Waals surface area (Å²) in [5.41, 5.74) is 20.8. The van der Waals surface area contributed by atoms with Crippen LogP contribution in [-0.4, -0.2) is 19.1 Å². The van der Waals surface area contributed by atoms with Gasteiger partial charge in [0.25, 0.3) is 0 Å². The second kappa shape index (κ2) is 15.3. The van der Waals surface area contributed by atoms with Crippen LogP contribution >= 0.6 is 0 Å². The Bertz CT molecular complexity index is 4460. The van der Waals surface area contributed by atoms with Gasteiger partial charge in [0.05, 0.1) is 33.5 Å². The number of hydrogen-bond donors (Lipinski definition) is 0. The van der Waals surface area contributed by atoms with Gasteiger partial charge in [0.2, 0.25) is 0 Å². The molecule has 5 nitrogen and oxygen atoms in total. The Morgan fingerprint density at radius 1 is 0.333 bits per heavy atom. The standard InChI is InChI=1S/C67H44N4O/c1-67(2)56-27-14-12-25-48(56)50-36-53-51-34-43(44-30-32-64-54(35-44)55-37-52-49-26-13-15-28-60(49)70(46-22-10-5-11-23-46)63(52)40-65(55)72-64)29-31-61(51)71(62(53)38-57(50)67)47-24-16-21-45(33-47)66-68-58(41-17-6-3-7-18-41)39-59(69-66)42-19-8-4-9-20-42/h3-40H,1-2H3. The van der Waals surface area contributed by atoms with Crippen molar-refractivity contribution in [2.75, 3.05) is 0 Å². The van der Waals surface area contributed by atoms with Crippen molar-refractivity contribution in [3.05, 3.63) is 242 Å². The molecular formula is C67H44N4O. The predicted octanol–water partition coefficient (Wildman–Crippen LogP) is 17.5. The third-order valence-corrected chi connectivity index (χ3v) is 15.3. The summed E-state index contributed by atoms with van der Waals surface area (Å²) in [7, 11) is 0. The van der Waals surface area contributed by atoms with Crippen LogP contribution in [0.4, 0.5) is 0 Å². The minimum Gasteiger partial charge on any atom is -0.456 e. The highest BCUT2D eigenvalue weighted by Gasteiger charge is 2.36. The summed E-state index contributed by atoms with van der Waals surface area (Å²) in [6, 6.07) is 82.9. The molecule has 4 aromatic heterocycles. The highest BCUT2D eigenvalue weighted by molar-refractivity contribution is 6.18. The van der Waals surface area contributed by atoms with Crippen molar-refractivity contribution in [3.8, 4) is 67.5 Å². The molecule has 0 amide bonds. The molecule has 338 valence electrons. The molecule has 10 aromatic carbocycles. The Kier molecular flexibility index (Phi) is 8.64. The first-order chi connectivity index (χ1) is 35.4. The Hall–Kier alpha value is -9.32. The molecule has 0 N–H and O–H groups in total. The third-order valence-electron chi connectivity index (χ3n) is 15.3. The monoisotopic (exact) mass is 920 g/mol. The number of hydrogen-bond acceptors (Lipinski definition) is 3. The highest BCUT2D eigenvalue weighted by atomic mass is 16.3. The quantitative estimate of drug-likeness (QED) is 0.167. The van der Waals surface area contributed by atoms with Crippen molar-refractivity contribution in [3.63, 3.8) is 0 Å². The fourth-order valence-corrected chi connectivity index (χ4v) is 11.8. The molecule has 0 atom stereocenters. The van der Waals surface area contributed by atoms with Gasteiger partial charge in [0.15, 0.2) is 5.82 Å². The van der Waals surface area contributed by atoms with E-state index in [-0.39, 0.29) is 5.41 Å². The molecule has 0 spiro atoms. The summed E-state index contributed by atoms with van der Waals surface area (Å²) in [6.07, 6.45) is 0. The topological polar surface area (TPSA) is 48.8 Å². The van der Waals surface area contributed by atoms with Crippen LogP contribution in [0, 0.1) is 0 Å². The molecule has 1 aliphatic rings. The minimum atomic E-state index is -0.168. The molecule has 0 aliphatic heterocycles. The zero-order valence-electron chi connectivity index (χ0n) is 39.6. The van der Waals surface area contributed by atoms with Crippen molar-refractivity contribution < 1.29 is 4.42 Å². The fraction of sp³-hybridized carbons (Fsp3) is 0.0448. The van der Waals surface area contributed by atoms with Crippen LogP contribution in [-0.2, 0) is 5.41 Å². The van der Waals surface area contributed by atoms with E-state index in [0.717, 1.165) is 89.1 Å². The van der Waals surface area contributed by atoms with Crippen molar-refractivity contribution in [2.24, 2.45) is 0 Å². The highest BCUT2D eigenvalue weighted by Crippen LogP contribution is 2.51. The summed E-state index contributed by atoms with van der Waals surface area (Å²) in [4.78, 5) is 10.5. The van der Waals surface area contributed by atoms with Crippen LogP contribution in [0.3, 0.4) is 0 Å². The first-order valence-electron chi connectivity index (χ1n) is 24.7. The van der Waals surface area contributed by atoms with Gasteiger partial charge in [-0.05, 0) is 112 Å². The van der Waals surface area contributed by atoms with Gasteiger partial charge in [0, 0.05) is 71.9 Å². The van der Waals surface area contributed by atoms with Gasteiger partial charge in [-0.25, -0.2) is 9.97 Å². The maximum atomic E-state index is 6.68. The molecule has 0 saturated heterocycles. The maximum Gasteiger partial charge on any atom is 0.160 e. The van der Waals surface area contributed by atoms with Crippen molar-refractivity contribution in [1.29, 1.82) is 0 Å². The Balaban J connectivity index is 0.918. The van der Waals surface area contributed by atoms with Crippen LogP contribution in [0.15, 0.2) is 235 Å². The number of para-hydroxylation sites is 2. The average Bonchev–Trinajstić information content (AvgIpc) is 4.14. The summed E-state index contributed by atoms with van der Waals surface area (Å²) < 4.78 is 11.5. The fourth-order valence-electron chi connectivity index (χ4n) is 11.8. The van der Waals surface area contributed by atoms with Crippen LogP contribution < -0.4 is 0 Å². The van der Waals surface area contributed by atoms with Gasteiger partial charge < -0.3 is 13.6 Å². The minimum absolute atomic E-state index is 0.168. The third kappa shape index (κ3) is 6.07. The largest absolute Gasteiger partial charge is 0.456 e. The number of nitrogens with zero attached hydrogens (tertiary/aromatic N) is 4. The lowest BCUT2D eigenvalue weighted by Crippen LogP contribution is -2.14. The molecule has 72 heavy (non-hydrogen) atoms. The molecule has 5 heteroatoms. The molecule has 0 bridgehead atoms. The van der Waals surface area contributed by atoms with E-state index in [9.17, 15) is 0 Å². The van der Waals surface area contributed by atoms with Crippen LogP contribution in [0.2, 0.25) is 0 Å². The lowest BCUT2D eigenvalue weighted by Gasteiger charge is -2.21. The number of fused-ring (bicyclic) bond motifs is 12. The van der Waals surface area contributed by atoms with E-state index in [2.05, 4.69) is 241 Å². The zero-order chi connectivity index (χ0) is 47.7. The van der Waals surface area contributed by atoms with Crippen molar-refractivity contribution >= 4 is 65.6 Å². The van der Waals surface area contributed by atoms with E-state index in [1.165, 1.54) is 49.3 Å². The first-order valence-corrected chi connectivity index (χ1v) is 24.7. The van der Waals surface area contributed by atoms with Crippen LogP contribution in [0.1, 0.15) is 25.0 Å². The van der Waals surface area contributed by atoms with Gasteiger partial charge >= 0.3 is 0 Å². The molecule has 0 saturated carbocycles. The van der Waals surface area contributed by atoms with Gasteiger partial charge in [0.1, 0.15) is 11.2 Å². The van der Waals surface area contributed by atoms with E-state index in [1.54, 1.807) is 0 Å². The summed E-state index contributed by atoms with van der Waals surface area (Å²) >= 11 is 0. The van der Waals surface area contributed by atoms with E-state index >= 15 is 0 Å². The molecule has 0 unspecified atom stereocenters. The van der Waals surface area contributed by atoms with Gasteiger partial charge in [-0.2, -0.15) is 0 Å². The Labute approximate surface area is 415 Å². The number of furan rings is 1.